The molecule has 1 saturated heterocycles. The van der Waals surface area contributed by atoms with Gasteiger partial charge >= 0.3 is 0 Å². The molecule has 2 aromatic carbocycles. The summed E-state index contributed by atoms with van der Waals surface area (Å²) in [6.45, 7) is 3.74. The summed E-state index contributed by atoms with van der Waals surface area (Å²) in [6.07, 6.45) is 5.95. The van der Waals surface area contributed by atoms with Crippen molar-refractivity contribution >= 4 is 11.6 Å². The first-order valence-corrected chi connectivity index (χ1v) is 10.7. The number of benzene rings is 2. The molecule has 0 saturated carbocycles. The van der Waals surface area contributed by atoms with Gasteiger partial charge in [-0.25, -0.2) is 4.39 Å². The van der Waals surface area contributed by atoms with E-state index in [9.17, 15) is 9.18 Å². The van der Waals surface area contributed by atoms with Gasteiger partial charge in [0, 0.05) is 31.4 Å². The molecule has 2 aliphatic heterocycles. The van der Waals surface area contributed by atoms with Crippen LogP contribution in [0.3, 0.4) is 0 Å². The van der Waals surface area contributed by atoms with E-state index in [0.717, 1.165) is 26.1 Å². The van der Waals surface area contributed by atoms with Gasteiger partial charge in [0.1, 0.15) is 5.82 Å². The Morgan fingerprint density at radius 1 is 1.07 bits per heavy atom. The predicted molar refractivity (Wildman–Crippen MR) is 115 cm³/mol. The van der Waals surface area contributed by atoms with Crippen LogP contribution in [0.1, 0.15) is 53.2 Å². The van der Waals surface area contributed by atoms with Gasteiger partial charge in [0.15, 0.2) is 0 Å². The summed E-state index contributed by atoms with van der Waals surface area (Å²) < 4.78 is 13.5. The van der Waals surface area contributed by atoms with Crippen LogP contribution in [-0.4, -0.2) is 44.0 Å². The average Bonchev–Trinajstić information content (AvgIpc) is 2.74. The van der Waals surface area contributed by atoms with Gasteiger partial charge in [0.25, 0.3) is 5.91 Å². The lowest BCUT2D eigenvalue weighted by molar-refractivity contribution is 0.0924. The zero-order valence-electron chi connectivity index (χ0n) is 17.2. The number of rotatable bonds is 5. The number of likely N-dealkylation sites (tertiary alicyclic amines) is 1. The van der Waals surface area contributed by atoms with Crippen molar-refractivity contribution < 1.29 is 9.18 Å². The molecule has 0 unspecified atom stereocenters. The number of carbonyl (C=O) groups is 1. The average molecular weight is 396 g/mol. The van der Waals surface area contributed by atoms with Crippen molar-refractivity contribution in [3.05, 3.63) is 65.0 Å². The van der Waals surface area contributed by atoms with E-state index in [1.165, 1.54) is 54.6 Å². The molecule has 0 spiro atoms. The van der Waals surface area contributed by atoms with Crippen molar-refractivity contribution in [3.8, 4) is 0 Å². The Balaban J connectivity index is 1.54. The molecule has 0 bridgehead atoms. The summed E-state index contributed by atoms with van der Waals surface area (Å²) in [5, 5.41) is 3.05. The minimum absolute atomic E-state index is 0.144. The maximum atomic E-state index is 13.5. The van der Waals surface area contributed by atoms with Crippen molar-refractivity contribution in [1.29, 1.82) is 0 Å². The molecule has 154 valence electrons. The monoisotopic (exact) mass is 395 g/mol. The second kappa shape index (κ2) is 8.95. The molecular weight excluding hydrogens is 365 g/mol. The first kappa shape index (κ1) is 19.9. The molecule has 0 radical (unpaired) electrons. The molecule has 2 aromatic rings. The van der Waals surface area contributed by atoms with Crippen LogP contribution in [0, 0.1) is 5.82 Å². The van der Waals surface area contributed by atoms with E-state index >= 15 is 0 Å². The maximum absolute atomic E-state index is 13.5. The van der Waals surface area contributed by atoms with E-state index in [0.29, 0.717) is 12.1 Å². The van der Waals surface area contributed by atoms with Crippen molar-refractivity contribution in [1.82, 2.24) is 10.2 Å². The Hall–Kier alpha value is -2.40. The third-order valence-electron chi connectivity index (χ3n) is 6.21. The van der Waals surface area contributed by atoms with Crippen LogP contribution in [0.2, 0.25) is 0 Å². The molecular formula is C24H30FN3O. The first-order chi connectivity index (χ1) is 14.1. The Labute approximate surface area is 172 Å². The molecule has 2 heterocycles. The number of amides is 1. The van der Waals surface area contributed by atoms with E-state index in [4.69, 9.17) is 0 Å². The summed E-state index contributed by atoms with van der Waals surface area (Å²) in [4.78, 5) is 17.4. The Morgan fingerprint density at radius 3 is 2.69 bits per heavy atom. The summed E-state index contributed by atoms with van der Waals surface area (Å²) in [6, 6.07) is 12.8. The molecule has 1 fully saturated rings. The molecule has 29 heavy (non-hydrogen) atoms. The number of aryl methyl sites for hydroxylation is 1. The molecule has 5 heteroatoms. The third-order valence-corrected chi connectivity index (χ3v) is 6.21. The quantitative estimate of drug-likeness (QED) is 0.826. The molecule has 1 amide bonds. The van der Waals surface area contributed by atoms with Crippen molar-refractivity contribution in [2.24, 2.45) is 0 Å². The largest absolute Gasteiger partial charge is 0.374 e. The van der Waals surface area contributed by atoms with Gasteiger partial charge in [0.2, 0.25) is 0 Å². The van der Waals surface area contributed by atoms with Crippen LogP contribution in [-0.2, 0) is 6.42 Å². The van der Waals surface area contributed by atoms with Crippen molar-refractivity contribution in [2.75, 3.05) is 38.1 Å². The highest BCUT2D eigenvalue weighted by Crippen LogP contribution is 2.31. The number of carbonyl (C=O) groups excluding carboxylic acids is 1. The maximum Gasteiger partial charge on any atom is 0.251 e. The first-order valence-electron chi connectivity index (χ1n) is 10.7. The molecule has 1 atom stereocenters. The molecule has 4 rings (SSSR count). The van der Waals surface area contributed by atoms with E-state index in [2.05, 4.69) is 40.4 Å². The van der Waals surface area contributed by atoms with Gasteiger partial charge in [-0.1, -0.05) is 24.6 Å². The van der Waals surface area contributed by atoms with Crippen molar-refractivity contribution in [3.63, 3.8) is 0 Å². The van der Waals surface area contributed by atoms with E-state index in [1.807, 2.05) is 0 Å². The zero-order chi connectivity index (χ0) is 20.2. The van der Waals surface area contributed by atoms with E-state index in [-0.39, 0.29) is 17.8 Å². The number of fused-ring (bicyclic) bond motifs is 1. The number of nitrogens with zero attached hydrogens (tertiary/aromatic N) is 2. The molecule has 2 aliphatic rings. The smallest absolute Gasteiger partial charge is 0.251 e. The number of nitrogens with one attached hydrogen (secondary N) is 1. The Bertz CT molecular complexity index is 863. The fraction of sp³-hybridized carbons (Fsp3) is 0.458. The van der Waals surface area contributed by atoms with Crippen LogP contribution < -0.4 is 10.2 Å². The lowest BCUT2D eigenvalue weighted by atomic mass is 9.95. The highest BCUT2D eigenvalue weighted by atomic mass is 19.1. The van der Waals surface area contributed by atoms with Gasteiger partial charge in [-0.05, 0) is 74.2 Å². The number of halogens is 1. The third kappa shape index (κ3) is 4.61. The normalized spacial score (nSPS) is 18.2. The fourth-order valence-electron chi connectivity index (χ4n) is 4.62. The van der Waals surface area contributed by atoms with Crippen LogP contribution >= 0.6 is 0 Å². The van der Waals surface area contributed by atoms with Crippen molar-refractivity contribution in [2.45, 2.75) is 38.1 Å². The topological polar surface area (TPSA) is 35.6 Å². The number of hydrogen-bond donors (Lipinski definition) is 1. The molecule has 0 aliphatic carbocycles. The van der Waals surface area contributed by atoms with E-state index < -0.39 is 0 Å². The van der Waals surface area contributed by atoms with E-state index in [1.54, 1.807) is 12.1 Å². The van der Waals surface area contributed by atoms with Gasteiger partial charge in [-0.2, -0.15) is 0 Å². The minimum atomic E-state index is -0.385. The zero-order valence-corrected chi connectivity index (χ0v) is 17.2. The van der Waals surface area contributed by atoms with Gasteiger partial charge < -0.3 is 10.2 Å². The Morgan fingerprint density at radius 2 is 1.90 bits per heavy atom. The van der Waals surface area contributed by atoms with Gasteiger partial charge in [0.05, 0.1) is 6.04 Å². The minimum Gasteiger partial charge on any atom is -0.374 e. The van der Waals surface area contributed by atoms with Crippen LogP contribution in [0.5, 0.6) is 0 Å². The van der Waals surface area contributed by atoms with Gasteiger partial charge in [-0.3, -0.25) is 9.69 Å². The molecule has 1 N–H and O–H groups in total. The highest BCUT2D eigenvalue weighted by molar-refractivity contribution is 5.94. The predicted octanol–water partition coefficient (Wildman–Crippen LogP) is 4.17. The summed E-state index contributed by atoms with van der Waals surface area (Å²) in [5.41, 5.74) is 4.35. The number of piperidine rings is 1. The SMILES string of the molecule is CN1CCCc2cc([C@H](CNC(=O)c3cccc(F)c3)N3CCCCC3)ccc21. The summed E-state index contributed by atoms with van der Waals surface area (Å²) in [7, 11) is 2.15. The number of hydrogen-bond acceptors (Lipinski definition) is 3. The lowest BCUT2D eigenvalue weighted by Crippen LogP contribution is -2.40. The fourth-order valence-corrected chi connectivity index (χ4v) is 4.62. The summed E-state index contributed by atoms with van der Waals surface area (Å²) >= 11 is 0. The second-order valence-electron chi connectivity index (χ2n) is 8.25. The Kier molecular flexibility index (Phi) is 6.14. The summed E-state index contributed by atoms with van der Waals surface area (Å²) in [5.74, 6) is -0.603. The molecule has 4 nitrogen and oxygen atoms in total. The van der Waals surface area contributed by atoms with Gasteiger partial charge in [-0.15, -0.1) is 0 Å². The standard InChI is InChI=1S/C24H30FN3O/c1-27-12-6-8-18-15-19(10-11-22(18)27)23(28-13-3-2-4-14-28)17-26-24(29)20-7-5-9-21(25)16-20/h5,7,9-11,15-16,23H,2-4,6,8,12-14,17H2,1H3,(H,26,29)/t23-/m0/s1. The highest BCUT2D eigenvalue weighted by Gasteiger charge is 2.25. The second-order valence-corrected chi connectivity index (χ2v) is 8.25. The van der Waals surface area contributed by atoms with Crippen LogP contribution in [0.25, 0.3) is 0 Å². The van der Waals surface area contributed by atoms with Crippen LogP contribution in [0.15, 0.2) is 42.5 Å². The number of anilines is 1. The molecule has 0 aromatic heterocycles. The lowest BCUT2D eigenvalue weighted by Gasteiger charge is -2.36. The van der Waals surface area contributed by atoms with Crippen LogP contribution in [0.4, 0.5) is 10.1 Å².